The molecule has 0 aliphatic rings. The van der Waals surface area contributed by atoms with Gasteiger partial charge < -0.3 is 9.40 Å². The molecule has 136 valence electrons. The number of fused-ring (bicyclic) bond motifs is 2. The van der Waals surface area contributed by atoms with Gasteiger partial charge in [0.05, 0.1) is 17.5 Å². The van der Waals surface area contributed by atoms with E-state index in [0.717, 1.165) is 21.9 Å². The number of hydrogen-bond acceptors (Lipinski definition) is 6. The molecule has 2 N–H and O–H groups in total. The van der Waals surface area contributed by atoms with E-state index in [1.165, 1.54) is 11.3 Å². The van der Waals surface area contributed by atoms with Gasteiger partial charge >= 0.3 is 5.63 Å². The van der Waals surface area contributed by atoms with Crippen LogP contribution in [0.5, 0.6) is 0 Å². The number of benzene rings is 2. The lowest BCUT2D eigenvalue weighted by atomic mass is 10.1. The van der Waals surface area contributed by atoms with Crippen molar-refractivity contribution in [2.45, 2.75) is 0 Å². The van der Waals surface area contributed by atoms with Crippen LogP contribution in [0.4, 0.5) is 5.13 Å². The van der Waals surface area contributed by atoms with Crippen molar-refractivity contribution in [3.05, 3.63) is 82.2 Å². The number of nitrogens with one attached hydrogen (secondary N) is 2. The fourth-order valence-corrected chi connectivity index (χ4v) is 3.71. The molecule has 5 rings (SSSR count). The quantitative estimate of drug-likeness (QED) is 0.263. The van der Waals surface area contributed by atoms with E-state index in [0.29, 0.717) is 22.0 Å². The van der Waals surface area contributed by atoms with Crippen LogP contribution >= 0.6 is 11.3 Å². The third kappa shape index (κ3) is 2.97. The zero-order chi connectivity index (χ0) is 18.9. The molecule has 0 atom stereocenters. The number of para-hydroxylation sites is 2. The minimum atomic E-state index is -0.405. The number of thiazole rings is 1. The highest BCUT2D eigenvalue weighted by molar-refractivity contribution is 7.14. The second kappa shape index (κ2) is 6.79. The van der Waals surface area contributed by atoms with Gasteiger partial charge in [-0.25, -0.2) is 9.78 Å². The number of aromatic amines is 1. The molecule has 6 nitrogen and oxygen atoms in total. The van der Waals surface area contributed by atoms with Gasteiger partial charge in [-0.2, -0.15) is 5.10 Å². The molecular weight excluding hydrogens is 372 g/mol. The summed E-state index contributed by atoms with van der Waals surface area (Å²) in [5, 5.41) is 8.63. The Hall–Kier alpha value is -3.71. The van der Waals surface area contributed by atoms with E-state index in [2.05, 4.69) is 20.5 Å². The maximum Gasteiger partial charge on any atom is 0.345 e. The lowest BCUT2D eigenvalue weighted by Crippen LogP contribution is -2.02. The maximum absolute atomic E-state index is 12.3. The molecule has 0 fully saturated rings. The van der Waals surface area contributed by atoms with E-state index in [4.69, 9.17) is 4.42 Å². The molecule has 0 bridgehead atoms. The molecule has 0 amide bonds. The van der Waals surface area contributed by atoms with Gasteiger partial charge in [-0.05, 0) is 18.2 Å². The van der Waals surface area contributed by atoms with Gasteiger partial charge in [0.2, 0.25) is 5.13 Å². The minimum Gasteiger partial charge on any atom is -0.422 e. The number of hydrogen-bond donors (Lipinski definition) is 2. The van der Waals surface area contributed by atoms with E-state index in [1.807, 2.05) is 54.0 Å². The number of rotatable bonds is 4. The van der Waals surface area contributed by atoms with Crippen molar-refractivity contribution in [1.29, 1.82) is 0 Å². The van der Waals surface area contributed by atoms with Gasteiger partial charge in [0.1, 0.15) is 5.58 Å². The molecule has 2 aromatic carbocycles. The molecule has 0 aliphatic carbocycles. The first kappa shape index (κ1) is 16.5. The van der Waals surface area contributed by atoms with Crippen LogP contribution in [-0.4, -0.2) is 16.2 Å². The Morgan fingerprint density at radius 3 is 2.96 bits per heavy atom. The zero-order valence-corrected chi connectivity index (χ0v) is 15.4. The predicted molar refractivity (Wildman–Crippen MR) is 113 cm³/mol. The molecule has 3 aromatic heterocycles. The van der Waals surface area contributed by atoms with Crippen LogP contribution in [0.25, 0.3) is 33.1 Å². The van der Waals surface area contributed by atoms with Crippen molar-refractivity contribution in [2.24, 2.45) is 5.10 Å². The van der Waals surface area contributed by atoms with Crippen LogP contribution in [0.2, 0.25) is 0 Å². The molecule has 0 unspecified atom stereocenters. The van der Waals surface area contributed by atoms with E-state index < -0.39 is 5.63 Å². The Bertz CT molecular complexity index is 1380. The van der Waals surface area contributed by atoms with Gasteiger partial charge in [0, 0.05) is 33.4 Å². The molecule has 3 heterocycles. The summed E-state index contributed by atoms with van der Waals surface area (Å²) in [6.45, 7) is 0. The van der Waals surface area contributed by atoms with E-state index in [1.54, 1.807) is 18.3 Å². The van der Waals surface area contributed by atoms with Crippen molar-refractivity contribution in [1.82, 2.24) is 9.97 Å². The Morgan fingerprint density at radius 2 is 2.00 bits per heavy atom. The second-order valence-corrected chi connectivity index (χ2v) is 7.04. The van der Waals surface area contributed by atoms with Gasteiger partial charge in [0.25, 0.3) is 0 Å². The summed E-state index contributed by atoms with van der Waals surface area (Å²) in [6, 6.07) is 17.2. The lowest BCUT2D eigenvalue weighted by molar-refractivity contribution is 0.563. The third-order valence-electron chi connectivity index (χ3n) is 4.41. The molecule has 5 aromatic rings. The van der Waals surface area contributed by atoms with E-state index in [-0.39, 0.29) is 0 Å². The highest BCUT2D eigenvalue weighted by Gasteiger charge is 2.11. The van der Waals surface area contributed by atoms with Gasteiger partial charge in [-0.3, -0.25) is 5.43 Å². The average Bonchev–Trinajstić information content (AvgIpc) is 3.35. The summed E-state index contributed by atoms with van der Waals surface area (Å²) in [6.07, 6.45) is 3.65. The monoisotopic (exact) mass is 386 g/mol. The van der Waals surface area contributed by atoms with Gasteiger partial charge in [-0.15, -0.1) is 11.3 Å². The van der Waals surface area contributed by atoms with E-state index in [9.17, 15) is 4.79 Å². The van der Waals surface area contributed by atoms with Crippen molar-refractivity contribution in [3.8, 4) is 11.3 Å². The molecule has 0 saturated heterocycles. The van der Waals surface area contributed by atoms with Crippen molar-refractivity contribution in [3.63, 3.8) is 0 Å². The first-order valence-electron chi connectivity index (χ1n) is 8.62. The Labute approximate surface area is 163 Å². The molecule has 7 heteroatoms. The van der Waals surface area contributed by atoms with Crippen LogP contribution in [0, 0.1) is 0 Å². The van der Waals surface area contributed by atoms with E-state index >= 15 is 0 Å². The summed E-state index contributed by atoms with van der Waals surface area (Å²) in [5.74, 6) is 0. The average molecular weight is 386 g/mol. The summed E-state index contributed by atoms with van der Waals surface area (Å²) in [5.41, 5.74) is 6.12. The van der Waals surface area contributed by atoms with Crippen molar-refractivity contribution in [2.75, 3.05) is 5.43 Å². The molecule has 0 radical (unpaired) electrons. The Kier molecular flexibility index (Phi) is 3.99. The highest BCUT2D eigenvalue weighted by Crippen LogP contribution is 2.25. The standard InChI is InChI=1S/C21H14N4O2S/c26-20-16(9-13-5-1-4-8-19(13)27-20)18-12-28-21(24-18)25-23-11-14-10-22-17-7-3-2-6-15(14)17/h1-12,22H,(H,24,25)/b23-11+. The summed E-state index contributed by atoms with van der Waals surface area (Å²) >= 11 is 1.37. The maximum atomic E-state index is 12.3. The molecule has 0 saturated carbocycles. The van der Waals surface area contributed by atoms with Gasteiger partial charge in [-0.1, -0.05) is 36.4 Å². The number of nitrogens with zero attached hydrogens (tertiary/aromatic N) is 2. The van der Waals surface area contributed by atoms with Crippen LogP contribution in [0.1, 0.15) is 5.56 Å². The van der Waals surface area contributed by atoms with Crippen LogP contribution in [0.3, 0.4) is 0 Å². The van der Waals surface area contributed by atoms with Crippen LogP contribution in [0.15, 0.2) is 80.5 Å². The van der Waals surface area contributed by atoms with Crippen LogP contribution in [-0.2, 0) is 0 Å². The summed E-state index contributed by atoms with van der Waals surface area (Å²) in [4.78, 5) is 19.9. The topological polar surface area (TPSA) is 83.3 Å². The predicted octanol–water partition coefficient (Wildman–Crippen LogP) is 4.84. The first-order valence-corrected chi connectivity index (χ1v) is 9.50. The van der Waals surface area contributed by atoms with Crippen LogP contribution < -0.4 is 11.1 Å². The molecular formula is C21H14N4O2S. The number of hydrazone groups is 1. The lowest BCUT2D eigenvalue weighted by Gasteiger charge is -1.99. The number of aromatic nitrogens is 2. The normalized spacial score (nSPS) is 11.6. The third-order valence-corrected chi connectivity index (χ3v) is 5.15. The number of anilines is 1. The minimum absolute atomic E-state index is 0.405. The zero-order valence-electron chi connectivity index (χ0n) is 14.5. The van der Waals surface area contributed by atoms with Crippen molar-refractivity contribution >= 4 is 44.6 Å². The number of H-pyrrole nitrogens is 1. The summed E-state index contributed by atoms with van der Waals surface area (Å²) in [7, 11) is 0. The first-order chi connectivity index (χ1) is 13.8. The fraction of sp³-hybridized carbons (Fsp3) is 0. The molecule has 28 heavy (non-hydrogen) atoms. The highest BCUT2D eigenvalue weighted by atomic mass is 32.1. The Balaban J connectivity index is 1.39. The summed E-state index contributed by atoms with van der Waals surface area (Å²) < 4.78 is 5.38. The van der Waals surface area contributed by atoms with Gasteiger partial charge in [0.15, 0.2) is 0 Å². The Morgan fingerprint density at radius 1 is 1.14 bits per heavy atom. The SMILES string of the molecule is O=c1oc2ccccc2cc1-c1csc(N/N=C/c2c[nH]c3ccccc23)n1. The fourth-order valence-electron chi connectivity index (χ4n) is 3.05. The molecule has 0 aliphatic heterocycles. The smallest absolute Gasteiger partial charge is 0.345 e. The largest absolute Gasteiger partial charge is 0.422 e. The second-order valence-electron chi connectivity index (χ2n) is 6.18. The van der Waals surface area contributed by atoms with Crippen molar-refractivity contribution < 1.29 is 4.42 Å². The molecule has 0 spiro atoms.